The number of hydrogen-bond acceptors (Lipinski definition) is 7. The van der Waals surface area contributed by atoms with Gasteiger partial charge in [-0.05, 0) is 12.1 Å². The van der Waals surface area contributed by atoms with E-state index in [4.69, 9.17) is 4.74 Å². The average molecular weight is 372 g/mol. The van der Waals surface area contributed by atoms with Crippen molar-refractivity contribution >= 4 is 28.7 Å². The van der Waals surface area contributed by atoms with Gasteiger partial charge in [0.05, 0.1) is 34.3 Å². The van der Waals surface area contributed by atoms with Crippen molar-refractivity contribution < 1.29 is 19.4 Å². The molecule has 0 radical (unpaired) electrons. The quantitative estimate of drug-likeness (QED) is 0.631. The smallest absolute Gasteiger partial charge is 0.271 e. The lowest BCUT2D eigenvalue weighted by Gasteiger charge is -2.30. The molecule has 1 heterocycles. The molecule has 1 N–H and O–H groups in total. The number of rotatable bonds is 5. The van der Waals surface area contributed by atoms with E-state index in [-0.39, 0.29) is 22.6 Å². The lowest BCUT2D eigenvalue weighted by molar-refractivity contribution is -0.385. The number of carbonyl (C=O) groups is 1. The van der Waals surface area contributed by atoms with Crippen molar-refractivity contribution in [2.45, 2.75) is 0 Å². The first-order valence-electron chi connectivity index (χ1n) is 8.12. The lowest BCUT2D eigenvalue weighted by atomic mass is 10.1. The number of nitro groups is 2. The Labute approximate surface area is 153 Å². The van der Waals surface area contributed by atoms with Crippen molar-refractivity contribution in [3.8, 4) is 0 Å². The van der Waals surface area contributed by atoms with Gasteiger partial charge in [0.1, 0.15) is 0 Å². The third kappa shape index (κ3) is 4.18. The molecule has 0 aliphatic carbocycles. The van der Waals surface area contributed by atoms with Crippen LogP contribution in [0.25, 0.3) is 0 Å². The molecule has 2 aromatic rings. The number of hydrogen-bond donors (Lipinski definition) is 1. The molecule has 10 heteroatoms. The molecule has 0 spiro atoms. The van der Waals surface area contributed by atoms with Crippen LogP contribution in [-0.4, -0.2) is 42.1 Å². The van der Waals surface area contributed by atoms with E-state index in [0.29, 0.717) is 32.0 Å². The van der Waals surface area contributed by atoms with Crippen LogP contribution in [0.2, 0.25) is 0 Å². The summed E-state index contributed by atoms with van der Waals surface area (Å²) in [5.74, 6) is -0.583. The second-order valence-corrected chi connectivity index (χ2v) is 5.82. The van der Waals surface area contributed by atoms with Gasteiger partial charge in [-0.15, -0.1) is 0 Å². The summed E-state index contributed by atoms with van der Waals surface area (Å²) in [5, 5.41) is 24.6. The van der Waals surface area contributed by atoms with Gasteiger partial charge in [0, 0.05) is 43.0 Å². The van der Waals surface area contributed by atoms with Crippen molar-refractivity contribution in [2.75, 3.05) is 36.5 Å². The first kappa shape index (κ1) is 18.3. The maximum Gasteiger partial charge on any atom is 0.271 e. The highest BCUT2D eigenvalue weighted by molar-refractivity contribution is 6.08. The Morgan fingerprint density at radius 2 is 1.67 bits per heavy atom. The van der Waals surface area contributed by atoms with Crippen molar-refractivity contribution in [2.24, 2.45) is 0 Å². The second kappa shape index (κ2) is 7.79. The van der Waals surface area contributed by atoms with Crippen LogP contribution < -0.4 is 10.2 Å². The number of nitrogens with one attached hydrogen (secondary N) is 1. The minimum absolute atomic E-state index is 0.123. The Bertz CT molecular complexity index is 895. The molecule has 1 saturated heterocycles. The van der Waals surface area contributed by atoms with Crippen LogP contribution in [0.1, 0.15) is 10.4 Å². The molecule has 0 atom stereocenters. The van der Waals surface area contributed by atoms with Gasteiger partial charge in [-0.1, -0.05) is 6.07 Å². The Hall–Kier alpha value is -3.53. The highest BCUT2D eigenvalue weighted by atomic mass is 16.6. The fourth-order valence-electron chi connectivity index (χ4n) is 2.80. The molecule has 0 bridgehead atoms. The number of benzene rings is 2. The predicted molar refractivity (Wildman–Crippen MR) is 97.2 cm³/mol. The maximum atomic E-state index is 12.8. The van der Waals surface area contributed by atoms with Crippen LogP contribution in [-0.2, 0) is 4.74 Å². The Balaban J connectivity index is 1.93. The monoisotopic (exact) mass is 372 g/mol. The van der Waals surface area contributed by atoms with E-state index in [1.165, 1.54) is 42.5 Å². The maximum absolute atomic E-state index is 12.8. The first-order chi connectivity index (χ1) is 13.0. The van der Waals surface area contributed by atoms with Gasteiger partial charge in [-0.2, -0.15) is 0 Å². The summed E-state index contributed by atoms with van der Waals surface area (Å²) in [5.41, 5.74) is 0.523. The number of anilines is 2. The number of non-ortho nitro benzene ring substituents is 2. The molecule has 27 heavy (non-hydrogen) atoms. The van der Waals surface area contributed by atoms with Crippen LogP contribution in [0.15, 0.2) is 42.5 Å². The zero-order valence-corrected chi connectivity index (χ0v) is 14.2. The van der Waals surface area contributed by atoms with Gasteiger partial charge in [-0.25, -0.2) is 0 Å². The van der Waals surface area contributed by atoms with Gasteiger partial charge in [0.25, 0.3) is 17.3 Å². The summed E-state index contributed by atoms with van der Waals surface area (Å²) in [4.78, 5) is 35.5. The van der Waals surface area contributed by atoms with Gasteiger partial charge >= 0.3 is 0 Å². The molecule has 140 valence electrons. The van der Waals surface area contributed by atoms with E-state index in [1.54, 1.807) is 0 Å². The van der Waals surface area contributed by atoms with Crippen LogP contribution in [0.3, 0.4) is 0 Å². The topological polar surface area (TPSA) is 128 Å². The van der Waals surface area contributed by atoms with Crippen molar-refractivity contribution in [3.05, 3.63) is 68.3 Å². The molecular weight excluding hydrogens is 356 g/mol. The summed E-state index contributed by atoms with van der Waals surface area (Å²) in [6.07, 6.45) is 0. The minimum Gasteiger partial charge on any atom is -0.378 e. The van der Waals surface area contributed by atoms with Crippen LogP contribution >= 0.6 is 0 Å². The number of amides is 1. The molecule has 0 aromatic heterocycles. The third-order valence-corrected chi connectivity index (χ3v) is 4.10. The summed E-state index contributed by atoms with van der Waals surface area (Å²) in [6, 6.07) is 9.57. The first-order valence-corrected chi connectivity index (χ1v) is 8.12. The zero-order valence-electron chi connectivity index (χ0n) is 14.2. The fraction of sp³-hybridized carbons (Fsp3) is 0.235. The van der Waals surface area contributed by atoms with Gasteiger partial charge in [-0.3, -0.25) is 25.0 Å². The van der Waals surface area contributed by atoms with Crippen LogP contribution in [0.4, 0.5) is 22.7 Å². The SMILES string of the molecule is O=C(Nc1cccc([N+](=O)[O-])c1)c1cc([N+](=O)[O-])ccc1N1CCOCC1. The van der Waals surface area contributed by atoms with Crippen molar-refractivity contribution in [3.63, 3.8) is 0 Å². The molecule has 0 saturated carbocycles. The highest BCUT2D eigenvalue weighted by Gasteiger charge is 2.22. The molecule has 3 rings (SSSR count). The predicted octanol–water partition coefficient (Wildman–Crippen LogP) is 2.59. The minimum atomic E-state index is -0.583. The molecule has 1 aliphatic rings. The van der Waals surface area contributed by atoms with Gasteiger partial charge in [0.15, 0.2) is 0 Å². The van der Waals surface area contributed by atoms with E-state index in [1.807, 2.05) is 4.90 Å². The number of carbonyl (C=O) groups excluding carboxylic acids is 1. The number of nitrogens with zero attached hydrogens (tertiary/aromatic N) is 3. The second-order valence-electron chi connectivity index (χ2n) is 5.82. The molecule has 2 aromatic carbocycles. The Morgan fingerprint density at radius 1 is 1.00 bits per heavy atom. The van der Waals surface area contributed by atoms with Crippen molar-refractivity contribution in [1.29, 1.82) is 0 Å². The fourth-order valence-corrected chi connectivity index (χ4v) is 2.80. The highest BCUT2D eigenvalue weighted by Crippen LogP contribution is 2.28. The van der Waals surface area contributed by atoms with Gasteiger partial charge < -0.3 is 15.0 Å². The van der Waals surface area contributed by atoms with Crippen LogP contribution in [0, 0.1) is 20.2 Å². The standard InChI is InChI=1S/C17H16N4O6/c22-17(18-12-2-1-3-13(10-12)20(23)24)15-11-14(21(25)26)4-5-16(15)19-6-8-27-9-7-19/h1-5,10-11H,6-9H2,(H,18,22). The molecular formula is C17H16N4O6. The number of ether oxygens (including phenoxy) is 1. The normalized spacial score (nSPS) is 13.9. The van der Waals surface area contributed by atoms with Crippen LogP contribution in [0.5, 0.6) is 0 Å². The van der Waals surface area contributed by atoms with E-state index >= 15 is 0 Å². The van der Waals surface area contributed by atoms with E-state index < -0.39 is 15.8 Å². The zero-order chi connectivity index (χ0) is 19.4. The lowest BCUT2D eigenvalue weighted by Crippen LogP contribution is -2.37. The van der Waals surface area contributed by atoms with Gasteiger partial charge in [0.2, 0.25) is 0 Å². The summed E-state index contributed by atoms with van der Waals surface area (Å²) >= 11 is 0. The van der Waals surface area contributed by atoms with E-state index in [9.17, 15) is 25.0 Å². The van der Waals surface area contributed by atoms with Crippen molar-refractivity contribution in [1.82, 2.24) is 0 Å². The summed E-state index contributed by atoms with van der Waals surface area (Å²) in [7, 11) is 0. The average Bonchev–Trinajstić information content (AvgIpc) is 2.68. The molecule has 1 aliphatic heterocycles. The largest absolute Gasteiger partial charge is 0.378 e. The van der Waals surface area contributed by atoms with E-state index in [0.717, 1.165) is 0 Å². The summed E-state index contributed by atoms with van der Waals surface area (Å²) < 4.78 is 5.30. The third-order valence-electron chi connectivity index (χ3n) is 4.10. The molecule has 1 amide bonds. The molecule has 0 unspecified atom stereocenters. The van der Waals surface area contributed by atoms with E-state index in [2.05, 4.69) is 5.32 Å². The number of nitro benzene ring substituents is 2. The molecule has 1 fully saturated rings. The Kier molecular flexibility index (Phi) is 5.27. The molecule has 10 nitrogen and oxygen atoms in total. The summed E-state index contributed by atoms with van der Waals surface area (Å²) in [6.45, 7) is 2.08. The number of morpholine rings is 1. The Morgan fingerprint density at radius 3 is 2.33 bits per heavy atom.